The molecule has 1 aliphatic heterocycles. The molecule has 7 heteroatoms. The monoisotopic (exact) mass is 369 g/mol. The highest BCUT2D eigenvalue weighted by Gasteiger charge is 2.22. The summed E-state index contributed by atoms with van der Waals surface area (Å²) in [6, 6.07) is 4.69. The van der Waals surface area contributed by atoms with Crippen molar-refractivity contribution in [2.45, 2.75) is 51.4 Å². The third-order valence-corrected chi connectivity index (χ3v) is 5.13. The summed E-state index contributed by atoms with van der Waals surface area (Å²) in [5, 5.41) is 3.33. The Balaban J connectivity index is 1.29. The van der Waals surface area contributed by atoms with E-state index in [1.54, 1.807) is 11.9 Å². The smallest absolute Gasteiger partial charge is 0.275 e. The Bertz CT molecular complexity index is 763. The molecule has 2 aromatic heterocycles. The minimum atomic E-state index is -0.141. The predicted molar refractivity (Wildman–Crippen MR) is 101 cm³/mol. The first-order valence-electron chi connectivity index (χ1n) is 9.77. The van der Waals surface area contributed by atoms with Crippen LogP contribution in [0.5, 0.6) is 0 Å². The minimum absolute atomic E-state index is 0.141. The van der Waals surface area contributed by atoms with E-state index in [1.807, 2.05) is 6.20 Å². The van der Waals surface area contributed by atoms with E-state index >= 15 is 0 Å². The van der Waals surface area contributed by atoms with Crippen LogP contribution in [-0.4, -0.2) is 51.9 Å². The maximum absolute atomic E-state index is 12.6. The van der Waals surface area contributed by atoms with Gasteiger partial charge in [-0.15, -0.1) is 0 Å². The van der Waals surface area contributed by atoms with Gasteiger partial charge in [0.25, 0.3) is 5.91 Å². The van der Waals surface area contributed by atoms with Crippen LogP contribution in [0.3, 0.4) is 0 Å². The van der Waals surface area contributed by atoms with Crippen LogP contribution in [0.2, 0.25) is 0 Å². The van der Waals surface area contributed by atoms with Gasteiger partial charge in [-0.2, -0.15) is 0 Å². The molecule has 144 valence electrons. The van der Waals surface area contributed by atoms with Crippen LogP contribution >= 0.6 is 0 Å². The third kappa shape index (κ3) is 4.93. The molecule has 27 heavy (non-hydrogen) atoms. The Morgan fingerprint density at radius 3 is 2.85 bits per heavy atom. The fourth-order valence-electron chi connectivity index (χ4n) is 3.36. The second-order valence-corrected chi connectivity index (χ2v) is 7.58. The highest BCUT2D eigenvalue weighted by atomic mass is 16.3. The summed E-state index contributed by atoms with van der Waals surface area (Å²) in [6.45, 7) is 4.31. The molecule has 1 N–H and O–H groups in total. The van der Waals surface area contributed by atoms with Gasteiger partial charge in [0.1, 0.15) is 6.26 Å². The number of nitrogens with zero attached hydrogens (tertiary/aromatic N) is 4. The molecule has 2 fully saturated rings. The molecule has 1 saturated carbocycles. The molecule has 1 saturated heterocycles. The first-order valence-corrected chi connectivity index (χ1v) is 9.77. The van der Waals surface area contributed by atoms with Gasteiger partial charge >= 0.3 is 0 Å². The number of carbonyl (C=O) groups is 1. The lowest BCUT2D eigenvalue weighted by Gasteiger charge is -2.17. The maximum atomic E-state index is 12.6. The average molecular weight is 369 g/mol. The van der Waals surface area contributed by atoms with E-state index in [9.17, 15) is 4.79 Å². The van der Waals surface area contributed by atoms with Gasteiger partial charge in [-0.25, -0.2) is 4.98 Å². The third-order valence-electron chi connectivity index (χ3n) is 5.13. The van der Waals surface area contributed by atoms with Crippen LogP contribution < -0.4 is 5.32 Å². The molecule has 7 nitrogen and oxygen atoms in total. The van der Waals surface area contributed by atoms with Gasteiger partial charge in [-0.3, -0.25) is 14.7 Å². The standard InChI is InChI=1S/C20H27N5O2/c1-24(20(26)18-14-27-19(23-18)11-22-16-6-7-16)12-15-4-5-17(21-10-15)13-25-8-2-3-9-25/h4-5,10,14,16,22H,2-3,6-9,11-13H2,1H3. The fourth-order valence-corrected chi connectivity index (χ4v) is 3.36. The fraction of sp³-hybridized carbons (Fsp3) is 0.550. The summed E-state index contributed by atoms with van der Waals surface area (Å²) in [7, 11) is 1.78. The SMILES string of the molecule is CN(Cc1ccc(CN2CCCC2)nc1)C(=O)c1coc(CNC2CC2)n1. The number of aromatic nitrogens is 2. The molecular formula is C20H27N5O2. The van der Waals surface area contributed by atoms with Gasteiger partial charge in [0.05, 0.1) is 12.2 Å². The number of likely N-dealkylation sites (tertiary alicyclic amines) is 1. The number of amides is 1. The summed E-state index contributed by atoms with van der Waals surface area (Å²) in [4.78, 5) is 25.5. The van der Waals surface area contributed by atoms with Gasteiger partial charge in [0, 0.05) is 32.4 Å². The second-order valence-electron chi connectivity index (χ2n) is 7.58. The van der Waals surface area contributed by atoms with Gasteiger partial charge < -0.3 is 14.6 Å². The zero-order valence-electron chi connectivity index (χ0n) is 15.9. The number of nitrogens with one attached hydrogen (secondary N) is 1. The number of hydrogen-bond donors (Lipinski definition) is 1. The minimum Gasteiger partial charge on any atom is -0.447 e. The van der Waals surface area contributed by atoms with Gasteiger partial charge in [0.2, 0.25) is 5.89 Å². The average Bonchev–Trinajstić information content (AvgIpc) is 3.15. The number of oxazole rings is 1. The lowest BCUT2D eigenvalue weighted by Crippen LogP contribution is -2.26. The van der Waals surface area contributed by atoms with Gasteiger partial charge in [0.15, 0.2) is 5.69 Å². The zero-order valence-corrected chi connectivity index (χ0v) is 15.9. The zero-order chi connectivity index (χ0) is 18.6. The first kappa shape index (κ1) is 18.1. The van der Waals surface area contributed by atoms with E-state index in [0.29, 0.717) is 30.7 Å². The molecular weight excluding hydrogens is 342 g/mol. The van der Waals surface area contributed by atoms with Crippen molar-refractivity contribution in [3.05, 3.63) is 47.4 Å². The Morgan fingerprint density at radius 2 is 2.15 bits per heavy atom. The summed E-state index contributed by atoms with van der Waals surface area (Å²) >= 11 is 0. The summed E-state index contributed by atoms with van der Waals surface area (Å²) in [6.07, 6.45) is 8.29. The van der Waals surface area contributed by atoms with Crippen molar-refractivity contribution in [2.24, 2.45) is 0 Å². The Kier molecular flexibility index (Phi) is 5.50. The molecule has 0 radical (unpaired) electrons. The van der Waals surface area contributed by atoms with Crippen LogP contribution in [0.25, 0.3) is 0 Å². The molecule has 1 aliphatic carbocycles. The van der Waals surface area contributed by atoms with E-state index in [-0.39, 0.29) is 5.91 Å². The predicted octanol–water partition coefficient (Wildman–Crippen LogP) is 2.19. The molecule has 2 aromatic rings. The first-order chi connectivity index (χ1) is 13.2. The summed E-state index contributed by atoms with van der Waals surface area (Å²) in [5.74, 6) is 0.421. The van der Waals surface area contributed by atoms with Crippen molar-refractivity contribution in [1.82, 2.24) is 25.1 Å². The van der Waals surface area contributed by atoms with Gasteiger partial charge in [-0.1, -0.05) is 6.07 Å². The van der Waals surface area contributed by atoms with E-state index < -0.39 is 0 Å². The van der Waals surface area contributed by atoms with Crippen LogP contribution in [-0.2, 0) is 19.6 Å². The van der Waals surface area contributed by atoms with E-state index in [2.05, 4.69) is 32.3 Å². The van der Waals surface area contributed by atoms with Crippen molar-refractivity contribution in [3.63, 3.8) is 0 Å². The number of pyridine rings is 1. The lowest BCUT2D eigenvalue weighted by molar-refractivity contribution is 0.0779. The molecule has 3 heterocycles. The van der Waals surface area contributed by atoms with E-state index in [1.165, 1.54) is 31.9 Å². The van der Waals surface area contributed by atoms with Crippen molar-refractivity contribution >= 4 is 5.91 Å². The Labute approximate surface area is 159 Å². The lowest BCUT2D eigenvalue weighted by atomic mass is 10.2. The molecule has 0 unspecified atom stereocenters. The van der Waals surface area contributed by atoms with Crippen LogP contribution in [0.15, 0.2) is 29.0 Å². The summed E-state index contributed by atoms with van der Waals surface area (Å²) < 4.78 is 5.41. The number of hydrogen-bond acceptors (Lipinski definition) is 6. The number of carbonyl (C=O) groups excluding carboxylic acids is 1. The molecule has 0 spiro atoms. The molecule has 4 rings (SSSR count). The second kappa shape index (κ2) is 8.19. The molecule has 0 aromatic carbocycles. The van der Waals surface area contributed by atoms with Crippen molar-refractivity contribution in [1.29, 1.82) is 0 Å². The van der Waals surface area contributed by atoms with Crippen LogP contribution in [0.4, 0.5) is 0 Å². The maximum Gasteiger partial charge on any atom is 0.275 e. The Hall–Kier alpha value is -2.25. The normalized spacial score (nSPS) is 17.4. The topological polar surface area (TPSA) is 74.5 Å². The van der Waals surface area contributed by atoms with Crippen molar-refractivity contribution in [2.75, 3.05) is 20.1 Å². The van der Waals surface area contributed by atoms with Crippen LogP contribution in [0, 0.1) is 0 Å². The largest absolute Gasteiger partial charge is 0.447 e. The summed E-state index contributed by atoms with van der Waals surface area (Å²) in [5.41, 5.74) is 2.44. The molecule has 0 bridgehead atoms. The highest BCUT2D eigenvalue weighted by molar-refractivity contribution is 5.91. The van der Waals surface area contributed by atoms with E-state index in [4.69, 9.17) is 4.42 Å². The molecule has 0 atom stereocenters. The van der Waals surface area contributed by atoms with Crippen molar-refractivity contribution < 1.29 is 9.21 Å². The highest BCUT2D eigenvalue weighted by Crippen LogP contribution is 2.19. The Morgan fingerprint density at radius 1 is 1.33 bits per heavy atom. The molecule has 2 aliphatic rings. The number of rotatable bonds is 8. The van der Waals surface area contributed by atoms with Gasteiger partial charge in [-0.05, 0) is 50.4 Å². The van der Waals surface area contributed by atoms with Crippen LogP contribution in [0.1, 0.15) is 53.3 Å². The molecule has 1 amide bonds. The van der Waals surface area contributed by atoms with Crippen molar-refractivity contribution in [3.8, 4) is 0 Å². The quantitative estimate of drug-likeness (QED) is 0.769. The van der Waals surface area contributed by atoms with E-state index in [0.717, 1.165) is 30.9 Å².